The molecule has 138 valence electrons. The molecule has 0 N–H and O–H groups in total. The Labute approximate surface area is 140 Å². The van der Waals surface area contributed by atoms with Gasteiger partial charge in [0.25, 0.3) is 0 Å². The molecule has 0 saturated heterocycles. The summed E-state index contributed by atoms with van der Waals surface area (Å²) in [6.45, 7) is 6.19. The van der Waals surface area contributed by atoms with Gasteiger partial charge < -0.3 is 23.7 Å². The number of unbranched alkanes of at least 4 members (excludes halogenated alkanes) is 4. The summed E-state index contributed by atoms with van der Waals surface area (Å²) in [5, 5.41) is 0. The van der Waals surface area contributed by atoms with E-state index in [1.807, 2.05) is 0 Å². The predicted molar refractivity (Wildman–Crippen MR) is 88.7 cm³/mol. The highest BCUT2D eigenvalue weighted by Gasteiger charge is 2.02. The van der Waals surface area contributed by atoms with Crippen LogP contribution in [-0.2, 0) is 28.5 Å². The highest BCUT2D eigenvalue weighted by Crippen LogP contribution is 2.05. The van der Waals surface area contributed by atoms with Crippen molar-refractivity contribution in [3.05, 3.63) is 0 Å². The zero-order valence-corrected chi connectivity index (χ0v) is 14.8. The van der Waals surface area contributed by atoms with Gasteiger partial charge in [-0.25, -0.2) is 0 Å². The molecule has 0 aliphatic carbocycles. The second-order valence-electron chi connectivity index (χ2n) is 5.21. The number of carbonyl (C=O) groups excluding carboxylic acids is 1. The summed E-state index contributed by atoms with van der Waals surface area (Å²) < 4.78 is 25.9. The van der Waals surface area contributed by atoms with Crippen molar-refractivity contribution in [3.8, 4) is 0 Å². The summed E-state index contributed by atoms with van der Waals surface area (Å²) in [7, 11) is 1.64. The standard InChI is InChI=1S/C17H34O6/c1-3-4-5-6-7-8-17(18)23-16-15-22-14-13-21-12-11-20-10-9-19-2/h3-16H2,1-2H3. The molecule has 0 radical (unpaired) electrons. The Kier molecular flexibility index (Phi) is 18.8. The van der Waals surface area contributed by atoms with E-state index >= 15 is 0 Å². The molecule has 6 nitrogen and oxygen atoms in total. The largest absolute Gasteiger partial charge is 0.463 e. The van der Waals surface area contributed by atoms with Gasteiger partial charge in [-0.15, -0.1) is 0 Å². The van der Waals surface area contributed by atoms with E-state index in [1.54, 1.807) is 7.11 Å². The molecule has 0 rings (SSSR count). The van der Waals surface area contributed by atoms with Crippen molar-refractivity contribution in [1.29, 1.82) is 0 Å². The van der Waals surface area contributed by atoms with Crippen LogP contribution in [0.25, 0.3) is 0 Å². The van der Waals surface area contributed by atoms with Crippen LogP contribution in [0.1, 0.15) is 45.4 Å². The number of hydrogen-bond donors (Lipinski definition) is 0. The number of rotatable bonds is 18. The van der Waals surface area contributed by atoms with Crippen LogP contribution in [0.2, 0.25) is 0 Å². The molecule has 0 atom stereocenters. The molecule has 6 heteroatoms. The molecular weight excluding hydrogens is 300 g/mol. The van der Waals surface area contributed by atoms with Crippen molar-refractivity contribution in [2.45, 2.75) is 45.4 Å². The van der Waals surface area contributed by atoms with Crippen LogP contribution in [0.4, 0.5) is 0 Å². The minimum Gasteiger partial charge on any atom is -0.463 e. The van der Waals surface area contributed by atoms with E-state index in [0.717, 1.165) is 12.8 Å². The molecule has 0 amide bonds. The lowest BCUT2D eigenvalue weighted by Gasteiger charge is -2.07. The van der Waals surface area contributed by atoms with E-state index < -0.39 is 0 Å². The fraction of sp³-hybridized carbons (Fsp3) is 0.941. The Morgan fingerprint density at radius 2 is 1.22 bits per heavy atom. The van der Waals surface area contributed by atoms with Gasteiger partial charge >= 0.3 is 5.97 Å². The Morgan fingerprint density at radius 1 is 0.696 bits per heavy atom. The Bertz CT molecular complexity index is 247. The molecule has 0 unspecified atom stereocenters. The number of hydrogen-bond acceptors (Lipinski definition) is 6. The average molecular weight is 334 g/mol. The monoisotopic (exact) mass is 334 g/mol. The second kappa shape index (κ2) is 19.4. The van der Waals surface area contributed by atoms with Crippen molar-refractivity contribution in [2.24, 2.45) is 0 Å². The summed E-state index contributed by atoms with van der Waals surface area (Å²) in [6.07, 6.45) is 6.18. The van der Waals surface area contributed by atoms with Gasteiger partial charge in [-0.05, 0) is 6.42 Å². The van der Waals surface area contributed by atoms with E-state index in [1.165, 1.54) is 19.3 Å². The first-order valence-electron chi connectivity index (χ1n) is 8.69. The van der Waals surface area contributed by atoms with Gasteiger partial charge in [0.05, 0.1) is 46.2 Å². The topological polar surface area (TPSA) is 63.2 Å². The minimum atomic E-state index is -0.130. The number of carbonyl (C=O) groups is 1. The smallest absolute Gasteiger partial charge is 0.305 e. The fourth-order valence-electron chi connectivity index (χ4n) is 1.84. The SMILES string of the molecule is CCCCCCCC(=O)OCCOCCOCCOCCOC. The van der Waals surface area contributed by atoms with Gasteiger partial charge in [0.15, 0.2) is 0 Å². The Balaban J connectivity index is 3.10. The summed E-state index contributed by atoms with van der Waals surface area (Å²) in [5.74, 6) is -0.130. The quantitative estimate of drug-likeness (QED) is 0.284. The first-order valence-corrected chi connectivity index (χ1v) is 8.69. The van der Waals surface area contributed by atoms with Crippen molar-refractivity contribution in [1.82, 2.24) is 0 Å². The van der Waals surface area contributed by atoms with E-state index in [-0.39, 0.29) is 5.97 Å². The highest BCUT2D eigenvalue weighted by molar-refractivity contribution is 5.69. The molecule has 0 aliphatic heterocycles. The van der Waals surface area contributed by atoms with Gasteiger partial charge in [-0.3, -0.25) is 4.79 Å². The van der Waals surface area contributed by atoms with E-state index in [0.29, 0.717) is 59.3 Å². The second-order valence-corrected chi connectivity index (χ2v) is 5.21. The maximum Gasteiger partial charge on any atom is 0.305 e. The van der Waals surface area contributed by atoms with E-state index in [4.69, 9.17) is 23.7 Å². The maximum atomic E-state index is 11.4. The van der Waals surface area contributed by atoms with Crippen molar-refractivity contribution in [3.63, 3.8) is 0 Å². The molecule has 0 aliphatic rings. The third kappa shape index (κ3) is 19.3. The van der Waals surface area contributed by atoms with Crippen LogP contribution < -0.4 is 0 Å². The first-order chi connectivity index (χ1) is 11.3. The fourth-order valence-corrected chi connectivity index (χ4v) is 1.84. The normalized spacial score (nSPS) is 10.9. The molecule has 0 spiro atoms. The molecule has 0 bridgehead atoms. The molecule has 23 heavy (non-hydrogen) atoms. The summed E-state index contributed by atoms with van der Waals surface area (Å²) in [5.41, 5.74) is 0. The van der Waals surface area contributed by atoms with Gasteiger partial charge in [-0.1, -0.05) is 32.6 Å². The van der Waals surface area contributed by atoms with Crippen molar-refractivity contribution >= 4 is 5.97 Å². The Hall–Kier alpha value is -0.690. The zero-order valence-electron chi connectivity index (χ0n) is 14.8. The summed E-state index contributed by atoms with van der Waals surface area (Å²) in [4.78, 5) is 11.4. The molecule has 0 fully saturated rings. The summed E-state index contributed by atoms with van der Waals surface area (Å²) in [6, 6.07) is 0. The lowest BCUT2D eigenvalue weighted by molar-refractivity contribution is -0.145. The zero-order chi connectivity index (χ0) is 17.0. The average Bonchev–Trinajstić information content (AvgIpc) is 2.55. The van der Waals surface area contributed by atoms with Crippen LogP contribution in [0, 0.1) is 0 Å². The molecule has 0 aromatic carbocycles. The number of esters is 1. The third-order valence-electron chi connectivity index (χ3n) is 3.15. The van der Waals surface area contributed by atoms with Gasteiger partial charge in [0.2, 0.25) is 0 Å². The minimum absolute atomic E-state index is 0.130. The van der Waals surface area contributed by atoms with Gasteiger partial charge in [0.1, 0.15) is 6.61 Å². The van der Waals surface area contributed by atoms with Gasteiger partial charge in [-0.2, -0.15) is 0 Å². The Morgan fingerprint density at radius 3 is 1.78 bits per heavy atom. The molecule has 0 heterocycles. The van der Waals surface area contributed by atoms with E-state index in [9.17, 15) is 4.79 Å². The third-order valence-corrected chi connectivity index (χ3v) is 3.15. The lowest BCUT2D eigenvalue weighted by Crippen LogP contribution is -2.14. The van der Waals surface area contributed by atoms with Crippen LogP contribution in [0.5, 0.6) is 0 Å². The predicted octanol–water partition coefficient (Wildman–Crippen LogP) is 2.59. The van der Waals surface area contributed by atoms with Crippen LogP contribution in [-0.4, -0.2) is 65.9 Å². The molecule has 0 aromatic heterocycles. The lowest BCUT2D eigenvalue weighted by atomic mass is 10.1. The van der Waals surface area contributed by atoms with Crippen molar-refractivity contribution in [2.75, 3.05) is 60.0 Å². The summed E-state index contributed by atoms with van der Waals surface area (Å²) >= 11 is 0. The van der Waals surface area contributed by atoms with Crippen LogP contribution >= 0.6 is 0 Å². The number of ether oxygens (including phenoxy) is 5. The molecule has 0 saturated carbocycles. The molecular formula is C17H34O6. The van der Waals surface area contributed by atoms with Crippen molar-refractivity contribution < 1.29 is 28.5 Å². The number of methoxy groups -OCH3 is 1. The first kappa shape index (κ1) is 22.3. The van der Waals surface area contributed by atoms with Crippen LogP contribution in [0.3, 0.4) is 0 Å². The van der Waals surface area contributed by atoms with Gasteiger partial charge in [0, 0.05) is 13.5 Å². The van der Waals surface area contributed by atoms with E-state index in [2.05, 4.69) is 6.92 Å². The molecule has 0 aromatic rings. The van der Waals surface area contributed by atoms with Crippen LogP contribution in [0.15, 0.2) is 0 Å². The maximum absolute atomic E-state index is 11.4. The highest BCUT2D eigenvalue weighted by atomic mass is 16.6.